The molecular formula is C16H20BrClFN3O2. The van der Waals surface area contributed by atoms with Crippen LogP contribution in [0.5, 0.6) is 0 Å². The smallest absolute Gasteiger partial charge is 0.256 e. The van der Waals surface area contributed by atoms with E-state index < -0.39 is 5.82 Å². The van der Waals surface area contributed by atoms with E-state index in [0.29, 0.717) is 30.7 Å². The van der Waals surface area contributed by atoms with Gasteiger partial charge in [0.15, 0.2) is 0 Å². The van der Waals surface area contributed by atoms with Crippen molar-refractivity contribution in [3.05, 3.63) is 34.1 Å². The number of piperazine rings is 1. The molecule has 2 saturated heterocycles. The minimum Gasteiger partial charge on any atom is -0.336 e. The Labute approximate surface area is 155 Å². The second kappa shape index (κ2) is 8.27. The van der Waals surface area contributed by atoms with Crippen LogP contribution in [0, 0.1) is 5.82 Å². The van der Waals surface area contributed by atoms with Crippen LogP contribution in [0.1, 0.15) is 23.2 Å². The molecule has 1 atom stereocenters. The molecule has 0 aromatic heterocycles. The standard InChI is InChI=1S/C16H19BrFN3O2.ClH/c17-11-3-4-13(14(18)8-11)16(23)20-6-1-2-12(10-20)21-7-5-19-9-15(21)22;/h3-4,8,12,19H,1-2,5-7,9-10H2;1H. The molecule has 0 aliphatic carbocycles. The van der Waals surface area contributed by atoms with Crippen LogP contribution in [0.3, 0.4) is 0 Å². The Bertz CT molecular complexity index is 631. The van der Waals surface area contributed by atoms with E-state index in [1.165, 1.54) is 12.1 Å². The summed E-state index contributed by atoms with van der Waals surface area (Å²) in [5.74, 6) is -0.752. The van der Waals surface area contributed by atoms with Crippen molar-refractivity contribution in [1.29, 1.82) is 0 Å². The van der Waals surface area contributed by atoms with Gasteiger partial charge in [0.05, 0.1) is 12.1 Å². The fraction of sp³-hybridized carbons (Fsp3) is 0.500. The summed E-state index contributed by atoms with van der Waals surface area (Å²) < 4.78 is 14.6. The zero-order chi connectivity index (χ0) is 16.4. The lowest BCUT2D eigenvalue weighted by Gasteiger charge is -2.41. The zero-order valence-corrected chi connectivity index (χ0v) is 15.5. The summed E-state index contributed by atoms with van der Waals surface area (Å²) in [6.45, 7) is 2.87. The van der Waals surface area contributed by atoms with Gasteiger partial charge in [-0.2, -0.15) is 0 Å². The molecule has 1 aromatic carbocycles. The molecule has 132 valence electrons. The highest BCUT2D eigenvalue weighted by molar-refractivity contribution is 9.10. The largest absolute Gasteiger partial charge is 0.336 e. The first-order valence-corrected chi connectivity index (χ1v) is 8.60. The molecule has 2 aliphatic rings. The number of carbonyl (C=O) groups excluding carboxylic acids is 2. The normalized spacial score (nSPS) is 21.4. The minimum absolute atomic E-state index is 0. The van der Waals surface area contributed by atoms with Crippen LogP contribution < -0.4 is 5.32 Å². The molecule has 3 rings (SSSR count). The lowest BCUT2D eigenvalue weighted by Crippen LogP contribution is -2.57. The summed E-state index contributed by atoms with van der Waals surface area (Å²) in [7, 11) is 0. The molecule has 1 aromatic rings. The molecule has 0 spiro atoms. The number of nitrogens with one attached hydrogen (secondary N) is 1. The number of piperidine rings is 1. The molecule has 2 heterocycles. The van der Waals surface area contributed by atoms with Gasteiger partial charge in [-0.25, -0.2) is 4.39 Å². The molecule has 1 N–H and O–H groups in total. The molecule has 0 bridgehead atoms. The van der Waals surface area contributed by atoms with Crippen molar-refractivity contribution >= 4 is 40.2 Å². The van der Waals surface area contributed by atoms with E-state index in [-0.39, 0.29) is 35.8 Å². The van der Waals surface area contributed by atoms with Crippen molar-refractivity contribution < 1.29 is 14.0 Å². The van der Waals surface area contributed by atoms with Gasteiger partial charge in [-0.05, 0) is 31.0 Å². The zero-order valence-electron chi connectivity index (χ0n) is 13.1. The van der Waals surface area contributed by atoms with Gasteiger partial charge in [0, 0.05) is 36.7 Å². The van der Waals surface area contributed by atoms with Crippen molar-refractivity contribution in [3.63, 3.8) is 0 Å². The fourth-order valence-electron chi connectivity index (χ4n) is 3.23. The first-order valence-electron chi connectivity index (χ1n) is 7.81. The molecule has 8 heteroatoms. The van der Waals surface area contributed by atoms with Crippen molar-refractivity contribution in [2.75, 3.05) is 32.7 Å². The van der Waals surface area contributed by atoms with E-state index in [1.807, 2.05) is 4.90 Å². The monoisotopic (exact) mass is 419 g/mol. The molecular weight excluding hydrogens is 401 g/mol. The first kappa shape index (κ1) is 19.1. The Morgan fingerprint density at radius 2 is 2.12 bits per heavy atom. The number of amides is 2. The van der Waals surface area contributed by atoms with E-state index in [4.69, 9.17) is 0 Å². The maximum Gasteiger partial charge on any atom is 0.256 e. The van der Waals surface area contributed by atoms with E-state index in [1.54, 1.807) is 11.0 Å². The van der Waals surface area contributed by atoms with Crippen LogP contribution in [-0.2, 0) is 4.79 Å². The Hall–Kier alpha value is -1.18. The molecule has 1 unspecified atom stereocenters. The van der Waals surface area contributed by atoms with Crippen molar-refractivity contribution in [3.8, 4) is 0 Å². The second-order valence-electron chi connectivity index (χ2n) is 5.94. The molecule has 24 heavy (non-hydrogen) atoms. The summed E-state index contributed by atoms with van der Waals surface area (Å²) in [6, 6.07) is 4.49. The van der Waals surface area contributed by atoms with E-state index in [0.717, 1.165) is 19.4 Å². The Kier molecular flexibility index (Phi) is 6.60. The minimum atomic E-state index is -0.523. The van der Waals surface area contributed by atoms with Gasteiger partial charge < -0.3 is 15.1 Å². The molecule has 2 amide bonds. The van der Waals surface area contributed by atoms with Crippen LogP contribution in [-0.4, -0.2) is 60.4 Å². The highest BCUT2D eigenvalue weighted by Gasteiger charge is 2.32. The topological polar surface area (TPSA) is 52.7 Å². The van der Waals surface area contributed by atoms with Crippen LogP contribution in [0.2, 0.25) is 0 Å². The number of carbonyl (C=O) groups is 2. The van der Waals surface area contributed by atoms with E-state index >= 15 is 0 Å². The predicted octanol–water partition coefficient (Wildman–Crippen LogP) is 2.05. The number of likely N-dealkylation sites (tertiary alicyclic amines) is 1. The van der Waals surface area contributed by atoms with Gasteiger partial charge in [0.2, 0.25) is 5.91 Å². The summed E-state index contributed by atoms with van der Waals surface area (Å²) in [5, 5.41) is 3.05. The third kappa shape index (κ3) is 4.07. The molecule has 2 fully saturated rings. The van der Waals surface area contributed by atoms with Crippen LogP contribution in [0.25, 0.3) is 0 Å². The first-order chi connectivity index (χ1) is 11.1. The van der Waals surface area contributed by atoms with Gasteiger partial charge in [-0.1, -0.05) is 15.9 Å². The summed E-state index contributed by atoms with van der Waals surface area (Å²) in [6.07, 6.45) is 1.71. The highest BCUT2D eigenvalue weighted by atomic mass is 79.9. The van der Waals surface area contributed by atoms with Gasteiger partial charge >= 0.3 is 0 Å². The lowest BCUT2D eigenvalue weighted by atomic mass is 10.0. The average molecular weight is 421 g/mol. The van der Waals surface area contributed by atoms with Crippen molar-refractivity contribution in [2.24, 2.45) is 0 Å². The summed E-state index contributed by atoms with van der Waals surface area (Å²) in [5.41, 5.74) is 0.0838. The van der Waals surface area contributed by atoms with Crippen LogP contribution in [0.15, 0.2) is 22.7 Å². The molecule has 0 saturated carbocycles. The van der Waals surface area contributed by atoms with E-state index in [9.17, 15) is 14.0 Å². The SMILES string of the molecule is Cl.O=C(c1ccc(Br)cc1F)N1CCCC(N2CCNCC2=O)C1. The Balaban J connectivity index is 0.00000208. The summed E-state index contributed by atoms with van der Waals surface area (Å²) >= 11 is 3.19. The van der Waals surface area contributed by atoms with Crippen LogP contribution in [0.4, 0.5) is 4.39 Å². The number of hydrogen-bond acceptors (Lipinski definition) is 3. The number of benzene rings is 1. The fourth-order valence-corrected chi connectivity index (χ4v) is 3.57. The van der Waals surface area contributed by atoms with Crippen LogP contribution >= 0.6 is 28.3 Å². The highest BCUT2D eigenvalue weighted by Crippen LogP contribution is 2.21. The van der Waals surface area contributed by atoms with E-state index in [2.05, 4.69) is 21.2 Å². The van der Waals surface area contributed by atoms with Gasteiger partial charge in [-0.15, -0.1) is 12.4 Å². The van der Waals surface area contributed by atoms with Crippen molar-refractivity contribution in [2.45, 2.75) is 18.9 Å². The second-order valence-corrected chi connectivity index (χ2v) is 6.85. The molecule has 5 nitrogen and oxygen atoms in total. The maximum atomic E-state index is 14.0. The van der Waals surface area contributed by atoms with Gasteiger partial charge in [0.25, 0.3) is 5.91 Å². The summed E-state index contributed by atoms with van der Waals surface area (Å²) in [4.78, 5) is 28.1. The quantitative estimate of drug-likeness (QED) is 0.797. The Morgan fingerprint density at radius 3 is 2.83 bits per heavy atom. The number of halogens is 3. The third-order valence-electron chi connectivity index (χ3n) is 4.41. The number of hydrogen-bond donors (Lipinski definition) is 1. The number of rotatable bonds is 2. The predicted molar refractivity (Wildman–Crippen MR) is 94.9 cm³/mol. The number of nitrogens with zero attached hydrogens (tertiary/aromatic N) is 2. The van der Waals surface area contributed by atoms with Gasteiger partial charge in [0.1, 0.15) is 5.82 Å². The van der Waals surface area contributed by atoms with Crippen molar-refractivity contribution in [1.82, 2.24) is 15.1 Å². The molecule has 2 aliphatic heterocycles. The molecule has 0 radical (unpaired) electrons. The lowest BCUT2D eigenvalue weighted by molar-refractivity contribution is -0.135. The maximum absolute atomic E-state index is 14.0. The average Bonchev–Trinajstić information content (AvgIpc) is 2.55. The third-order valence-corrected chi connectivity index (χ3v) is 4.91. The Morgan fingerprint density at radius 1 is 1.33 bits per heavy atom. The van der Waals surface area contributed by atoms with Gasteiger partial charge in [-0.3, -0.25) is 9.59 Å².